The summed E-state index contributed by atoms with van der Waals surface area (Å²) < 4.78 is 5.73. The van der Waals surface area contributed by atoms with Gasteiger partial charge in [0.1, 0.15) is 6.61 Å². The van der Waals surface area contributed by atoms with Crippen LogP contribution in [0.15, 0.2) is 24.5 Å². The fraction of sp³-hybridized carbons (Fsp3) is 0.682. The molecular weight excluding hydrogens is 354 g/mol. The van der Waals surface area contributed by atoms with E-state index in [0.717, 1.165) is 29.9 Å². The second-order valence-corrected chi connectivity index (χ2v) is 9.68. The van der Waals surface area contributed by atoms with E-state index in [1.807, 2.05) is 24.1 Å². The highest BCUT2D eigenvalue weighted by Gasteiger charge is 2.52. The Bertz CT molecular complexity index is 730. The first-order valence-electron chi connectivity index (χ1n) is 10.6. The molecule has 1 N–H and O–H groups in total. The zero-order valence-electron chi connectivity index (χ0n) is 16.5. The molecule has 0 aromatic carbocycles. The van der Waals surface area contributed by atoms with Crippen molar-refractivity contribution in [2.45, 2.75) is 50.7 Å². The number of hydrogen-bond acceptors (Lipinski definition) is 4. The third kappa shape index (κ3) is 3.21. The van der Waals surface area contributed by atoms with Crippen LogP contribution in [0.25, 0.3) is 0 Å². The summed E-state index contributed by atoms with van der Waals surface area (Å²) in [5, 5.41) is 2.93. The Hall–Kier alpha value is -1.95. The molecule has 4 aliphatic carbocycles. The molecular formula is C22H29N3O3. The number of amides is 2. The molecule has 0 radical (unpaired) electrons. The van der Waals surface area contributed by atoms with Gasteiger partial charge in [0.15, 0.2) is 6.10 Å². The highest BCUT2D eigenvalue weighted by Crippen LogP contribution is 2.60. The van der Waals surface area contributed by atoms with Gasteiger partial charge in [-0.2, -0.15) is 0 Å². The fourth-order valence-electron chi connectivity index (χ4n) is 6.87. The van der Waals surface area contributed by atoms with Crippen molar-refractivity contribution in [1.82, 2.24) is 15.2 Å². The van der Waals surface area contributed by atoms with Crippen molar-refractivity contribution < 1.29 is 14.3 Å². The lowest BCUT2D eigenvalue weighted by atomic mass is 9.49. The SMILES string of the molecule is CN(CC12CC3CC(CC(C3)C1)C2)C(=O)[C@H]1OCC(=O)N[C@@H]1c1cccnc1. The van der Waals surface area contributed by atoms with E-state index >= 15 is 0 Å². The molecule has 4 saturated carbocycles. The number of rotatable bonds is 4. The highest BCUT2D eigenvalue weighted by molar-refractivity contribution is 5.86. The molecule has 2 heterocycles. The zero-order valence-corrected chi connectivity index (χ0v) is 16.5. The van der Waals surface area contributed by atoms with Crippen molar-refractivity contribution in [1.29, 1.82) is 0 Å². The molecule has 1 aliphatic heterocycles. The molecule has 0 unspecified atom stereocenters. The van der Waals surface area contributed by atoms with Crippen LogP contribution in [-0.4, -0.2) is 48.0 Å². The predicted molar refractivity (Wildman–Crippen MR) is 103 cm³/mol. The van der Waals surface area contributed by atoms with Crippen LogP contribution in [0.3, 0.4) is 0 Å². The van der Waals surface area contributed by atoms with Crippen LogP contribution < -0.4 is 5.32 Å². The summed E-state index contributed by atoms with van der Waals surface area (Å²) >= 11 is 0. The molecule has 1 aromatic heterocycles. The highest BCUT2D eigenvalue weighted by atomic mass is 16.5. The topological polar surface area (TPSA) is 71.5 Å². The van der Waals surface area contributed by atoms with Gasteiger partial charge >= 0.3 is 0 Å². The van der Waals surface area contributed by atoms with Gasteiger partial charge in [-0.15, -0.1) is 0 Å². The molecule has 6 rings (SSSR count). The standard InChI is InChI=1S/C22H29N3O3/c1-25(13-22-8-14-5-15(9-22)7-16(6-14)10-22)21(27)20-19(24-18(26)12-28-20)17-3-2-4-23-11-17/h2-4,11,14-16,19-20H,5-10,12-13H2,1H3,(H,24,26)/t14?,15?,16?,19-,20+,22?/m1/s1. The van der Waals surface area contributed by atoms with E-state index in [1.165, 1.54) is 38.5 Å². The Morgan fingerprint density at radius 2 is 1.93 bits per heavy atom. The van der Waals surface area contributed by atoms with Crippen LogP contribution in [-0.2, 0) is 14.3 Å². The fourth-order valence-corrected chi connectivity index (χ4v) is 6.87. The smallest absolute Gasteiger partial charge is 0.254 e. The van der Waals surface area contributed by atoms with Crippen molar-refractivity contribution in [3.63, 3.8) is 0 Å². The van der Waals surface area contributed by atoms with Gasteiger partial charge in [0.2, 0.25) is 5.91 Å². The van der Waals surface area contributed by atoms with Crippen LogP contribution in [0.1, 0.15) is 50.1 Å². The molecule has 2 amide bonds. The Morgan fingerprint density at radius 3 is 2.54 bits per heavy atom. The second kappa shape index (κ2) is 6.83. The van der Waals surface area contributed by atoms with Gasteiger partial charge in [-0.25, -0.2) is 0 Å². The molecule has 2 atom stereocenters. The number of likely N-dealkylation sites (N-methyl/N-ethyl adjacent to an activating group) is 1. The first-order valence-corrected chi connectivity index (χ1v) is 10.6. The molecule has 150 valence electrons. The quantitative estimate of drug-likeness (QED) is 0.866. The van der Waals surface area contributed by atoms with Gasteiger partial charge in [0, 0.05) is 26.0 Å². The largest absolute Gasteiger partial charge is 0.356 e. The summed E-state index contributed by atoms with van der Waals surface area (Å²) in [6, 6.07) is 3.21. The number of morpholine rings is 1. The molecule has 1 aromatic rings. The van der Waals surface area contributed by atoms with E-state index in [0.29, 0.717) is 5.41 Å². The van der Waals surface area contributed by atoms with Crippen LogP contribution in [0.4, 0.5) is 0 Å². The van der Waals surface area contributed by atoms with Crippen LogP contribution in [0.2, 0.25) is 0 Å². The van der Waals surface area contributed by atoms with Crippen molar-refractivity contribution >= 4 is 11.8 Å². The molecule has 5 aliphatic rings. The number of carbonyl (C=O) groups excluding carboxylic acids is 2. The van der Waals surface area contributed by atoms with E-state index in [1.54, 1.807) is 12.4 Å². The van der Waals surface area contributed by atoms with Crippen molar-refractivity contribution in [2.24, 2.45) is 23.2 Å². The summed E-state index contributed by atoms with van der Waals surface area (Å²) in [7, 11) is 1.90. The lowest BCUT2D eigenvalue weighted by Crippen LogP contribution is -2.56. The molecule has 6 heteroatoms. The molecule has 0 spiro atoms. The summed E-state index contributed by atoms with van der Waals surface area (Å²) in [5.74, 6) is 2.36. The Balaban J connectivity index is 1.32. The molecule has 6 nitrogen and oxygen atoms in total. The maximum Gasteiger partial charge on any atom is 0.254 e. The van der Waals surface area contributed by atoms with Gasteiger partial charge in [-0.3, -0.25) is 14.6 Å². The van der Waals surface area contributed by atoms with E-state index < -0.39 is 12.1 Å². The lowest BCUT2D eigenvalue weighted by molar-refractivity contribution is -0.157. The minimum Gasteiger partial charge on any atom is -0.356 e. The van der Waals surface area contributed by atoms with E-state index in [2.05, 4.69) is 10.3 Å². The first-order chi connectivity index (χ1) is 13.5. The van der Waals surface area contributed by atoms with Gasteiger partial charge in [0.25, 0.3) is 5.91 Å². The predicted octanol–water partition coefficient (Wildman–Crippen LogP) is 2.31. The van der Waals surface area contributed by atoms with Gasteiger partial charge in [-0.1, -0.05) is 6.07 Å². The summed E-state index contributed by atoms with van der Waals surface area (Å²) in [4.78, 5) is 31.3. The van der Waals surface area contributed by atoms with Gasteiger partial charge < -0.3 is 15.0 Å². The Morgan fingerprint density at radius 1 is 1.25 bits per heavy atom. The van der Waals surface area contributed by atoms with Gasteiger partial charge in [0.05, 0.1) is 6.04 Å². The summed E-state index contributed by atoms with van der Waals surface area (Å²) in [6.45, 7) is 0.737. The third-order valence-electron chi connectivity index (χ3n) is 7.41. The number of carbonyl (C=O) groups is 2. The number of nitrogens with zero attached hydrogens (tertiary/aromatic N) is 2. The number of aromatic nitrogens is 1. The lowest BCUT2D eigenvalue weighted by Gasteiger charge is -2.57. The summed E-state index contributed by atoms with van der Waals surface area (Å²) in [6.07, 6.45) is 10.7. The maximum absolute atomic E-state index is 13.3. The molecule has 5 fully saturated rings. The van der Waals surface area contributed by atoms with Crippen molar-refractivity contribution in [3.8, 4) is 0 Å². The van der Waals surface area contributed by atoms with Crippen LogP contribution in [0, 0.1) is 23.2 Å². The minimum absolute atomic E-state index is 0.0374. The number of hydrogen-bond donors (Lipinski definition) is 1. The van der Waals surface area contributed by atoms with Crippen LogP contribution in [0.5, 0.6) is 0 Å². The molecule has 28 heavy (non-hydrogen) atoms. The Labute approximate surface area is 166 Å². The minimum atomic E-state index is -0.694. The van der Waals surface area contributed by atoms with E-state index in [4.69, 9.17) is 4.74 Å². The van der Waals surface area contributed by atoms with E-state index in [-0.39, 0.29) is 18.4 Å². The first kappa shape index (κ1) is 18.1. The number of nitrogens with one attached hydrogen (secondary N) is 1. The van der Waals surface area contributed by atoms with Crippen molar-refractivity contribution in [2.75, 3.05) is 20.2 Å². The normalized spacial score (nSPS) is 38.9. The summed E-state index contributed by atoms with van der Waals surface area (Å²) in [5.41, 5.74) is 1.10. The van der Waals surface area contributed by atoms with Crippen molar-refractivity contribution in [3.05, 3.63) is 30.1 Å². The zero-order chi connectivity index (χ0) is 19.3. The van der Waals surface area contributed by atoms with E-state index in [9.17, 15) is 9.59 Å². The van der Waals surface area contributed by atoms with Crippen LogP contribution >= 0.6 is 0 Å². The van der Waals surface area contributed by atoms with Gasteiger partial charge in [-0.05, 0) is 73.3 Å². The molecule has 4 bridgehead atoms. The average Bonchev–Trinajstić information content (AvgIpc) is 2.66. The number of ether oxygens (including phenoxy) is 1. The maximum atomic E-state index is 13.3. The third-order valence-corrected chi connectivity index (χ3v) is 7.41. The second-order valence-electron chi connectivity index (χ2n) is 9.68. The number of pyridine rings is 1. The molecule has 1 saturated heterocycles. The average molecular weight is 383 g/mol. The monoisotopic (exact) mass is 383 g/mol. The Kier molecular flexibility index (Phi) is 4.42.